The lowest BCUT2D eigenvalue weighted by atomic mass is 9.97. The van der Waals surface area contributed by atoms with Gasteiger partial charge in [0.05, 0.1) is 0 Å². The van der Waals surface area contributed by atoms with Gasteiger partial charge in [0.1, 0.15) is 6.67 Å². The van der Waals surface area contributed by atoms with Crippen LogP contribution in [0.4, 0.5) is 30.7 Å². The fourth-order valence-electron chi connectivity index (χ4n) is 0.684. The number of alkyl halides is 5. The molecule has 0 aliphatic heterocycles. The summed E-state index contributed by atoms with van der Waals surface area (Å²) in [5, 5.41) is 7.93. The van der Waals surface area contributed by atoms with Crippen molar-refractivity contribution in [2.24, 2.45) is 0 Å². The van der Waals surface area contributed by atoms with Gasteiger partial charge in [-0.2, -0.15) is 22.0 Å². The highest BCUT2D eigenvalue weighted by atomic mass is 19.4. The average Bonchev–Trinajstić information content (AvgIpc) is 2.00. The van der Waals surface area contributed by atoms with Gasteiger partial charge in [-0.3, -0.25) is 0 Å². The van der Waals surface area contributed by atoms with Crippen molar-refractivity contribution in [1.82, 2.24) is 0 Å². The number of hydrogen-bond acceptors (Lipinski definition) is 1. The van der Waals surface area contributed by atoms with Gasteiger partial charge in [-0.25, -0.2) is 13.6 Å². The van der Waals surface area contributed by atoms with Gasteiger partial charge >= 0.3 is 12.1 Å². The molecule has 9 heteroatoms. The van der Waals surface area contributed by atoms with Crippen LogP contribution in [0.3, 0.4) is 0 Å². The molecule has 0 rings (SSSR count). The molecular weight excluding hydrogens is 237 g/mol. The van der Waals surface area contributed by atoms with E-state index in [2.05, 4.69) is 0 Å². The molecule has 0 spiro atoms. The molecule has 0 fully saturated rings. The molecule has 0 unspecified atom stereocenters. The highest BCUT2D eigenvalue weighted by molar-refractivity contribution is 5.89. The van der Waals surface area contributed by atoms with Gasteiger partial charge in [-0.05, 0) is 0 Å². The minimum absolute atomic E-state index is 2.87. The molecule has 15 heavy (non-hydrogen) atoms. The summed E-state index contributed by atoms with van der Waals surface area (Å²) in [6, 6.07) is 0. The highest BCUT2D eigenvalue weighted by Gasteiger charge is 2.62. The van der Waals surface area contributed by atoms with E-state index in [1.54, 1.807) is 0 Å². The molecular formula is C6H3F7O2. The second-order valence-corrected chi connectivity index (χ2v) is 2.37. The van der Waals surface area contributed by atoms with E-state index < -0.39 is 36.1 Å². The Morgan fingerprint density at radius 1 is 1.13 bits per heavy atom. The van der Waals surface area contributed by atoms with Crippen LogP contribution >= 0.6 is 0 Å². The van der Waals surface area contributed by atoms with Gasteiger partial charge in [0.15, 0.2) is 5.57 Å². The van der Waals surface area contributed by atoms with E-state index >= 15 is 0 Å². The summed E-state index contributed by atoms with van der Waals surface area (Å²) in [4.78, 5) is 9.95. The Morgan fingerprint density at radius 2 is 1.53 bits per heavy atom. The number of rotatable bonds is 3. The van der Waals surface area contributed by atoms with Crippen molar-refractivity contribution in [2.75, 3.05) is 6.67 Å². The highest BCUT2D eigenvalue weighted by Crippen LogP contribution is 2.41. The summed E-state index contributed by atoms with van der Waals surface area (Å²) in [6.07, 6.45) is -9.50. The predicted molar refractivity (Wildman–Crippen MR) is 32.7 cm³/mol. The van der Waals surface area contributed by atoms with Crippen molar-refractivity contribution in [3.63, 3.8) is 0 Å². The maximum Gasteiger partial charge on any atom is 0.429 e. The number of carbonyl (C=O) groups is 1. The zero-order valence-electron chi connectivity index (χ0n) is 6.71. The van der Waals surface area contributed by atoms with Crippen molar-refractivity contribution < 1.29 is 40.6 Å². The van der Waals surface area contributed by atoms with Crippen molar-refractivity contribution >= 4 is 5.97 Å². The topological polar surface area (TPSA) is 37.3 Å². The number of hydrogen-bond donors (Lipinski definition) is 1. The summed E-state index contributed by atoms with van der Waals surface area (Å²) in [5.41, 5.74) is -8.13. The average molecular weight is 240 g/mol. The molecule has 0 amide bonds. The normalized spacial score (nSPS) is 15.7. The Kier molecular flexibility index (Phi) is 3.72. The van der Waals surface area contributed by atoms with Gasteiger partial charge in [0.25, 0.3) is 11.7 Å². The summed E-state index contributed by atoms with van der Waals surface area (Å²) >= 11 is 0. The minimum atomic E-state index is -6.07. The third-order valence-corrected chi connectivity index (χ3v) is 1.43. The summed E-state index contributed by atoms with van der Waals surface area (Å²) in [6.45, 7) is -2.94. The van der Waals surface area contributed by atoms with Crippen LogP contribution in [0, 0.1) is 0 Å². The Bertz CT molecular complexity index is 290. The molecule has 0 aromatic carbocycles. The van der Waals surface area contributed by atoms with E-state index in [-0.39, 0.29) is 0 Å². The van der Waals surface area contributed by atoms with Gasteiger partial charge < -0.3 is 5.11 Å². The molecule has 0 saturated heterocycles. The Morgan fingerprint density at radius 3 is 1.60 bits per heavy atom. The predicted octanol–water partition coefficient (Wildman–Crippen LogP) is 2.46. The van der Waals surface area contributed by atoms with Crippen LogP contribution in [0.2, 0.25) is 0 Å². The molecule has 0 aromatic heterocycles. The van der Waals surface area contributed by atoms with Crippen LogP contribution in [-0.2, 0) is 4.79 Å². The van der Waals surface area contributed by atoms with Crippen molar-refractivity contribution in [1.29, 1.82) is 0 Å². The van der Waals surface area contributed by atoms with E-state index in [1.165, 1.54) is 0 Å². The van der Waals surface area contributed by atoms with E-state index in [1.807, 2.05) is 0 Å². The van der Waals surface area contributed by atoms with E-state index in [9.17, 15) is 35.5 Å². The van der Waals surface area contributed by atoms with Crippen LogP contribution in [0.1, 0.15) is 0 Å². The summed E-state index contributed by atoms with van der Waals surface area (Å²) in [7, 11) is 0. The Balaban J connectivity index is 5.67. The molecule has 1 N–H and O–H groups in total. The second-order valence-electron chi connectivity index (χ2n) is 2.37. The molecule has 1 atom stereocenters. The van der Waals surface area contributed by atoms with Crippen LogP contribution in [0.5, 0.6) is 0 Å². The van der Waals surface area contributed by atoms with Crippen LogP contribution in [0.25, 0.3) is 0 Å². The minimum Gasteiger partial charge on any atom is -0.478 e. The van der Waals surface area contributed by atoms with E-state index in [0.29, 0.717) is 0 Å². The summed E-state index contributed by atoms with van der Waals surface area (Å²) < 4.78 is 83.6. The number of aliphatic carboxylic acids is 1. The lowest BCUT2D eigenvalue weighted by Gasteiger charge is -2.24. The standard InChI is InChI=1S/C6H3F7O2/c7-1-5(10,6(11,12)13)2(3(8)9)4(14)15/h1H2,(H,14,15)/t5-/m1/s1. The monoisotopic (exact) mass is 240 g/mol. The third kappa shape index (κ3) is 2.39. The third-order valence-electron chi connectivity index (χ3n) is 1.43. The first-order valence-electron chi connectivity index (χ1n) is 3.18. The van der Waals surface area contributed by atoms with Crippen molar-refractivity contribution in [3.8, 4) is 0 Å². The quantitative estimate of drug-likeness (QED) is 0.607. The SMILES string of the molecule is O=C(O)C(=C(F)F)[C@](F)(CF)C(F)(F)F. The number of halogens is 7. The smallest absolute Gasteiger partial charge is 0.429 e. The van der Waals surface area contributed by atoms with Gasteiger partial charge in [-0.15, -0.1) is 0 Å². The summed E-state index contributed by atoms with van der Waals surface area (Å²) in [5.74, 6) is -2.87. The van der Waals surface area contributed by atoms with E-state index in [4.69, 9.17) is 5.11 Å². The van der Waals surface area contributed by atoms with E-state index in [0.717, 1.165) is 0 Å². The molecule has 0 radical (unpaired) electrons. The lowest BCUT2D eigenvalue weighted by molar-refractivity contribution is -0.223. The maximum absolute atomic E-state index is 12.8. The van der Waals surface area contributed by atoms with Gasteiger partial charge in [0, 0.05) is 0 Å². The van der Waals surface area contributed by atoms with Gasteiger partial charge in [0.2, 0.25) is 0 Å². The Labute approximate surface area is 78.0 Å². The van der Waals surface area contributed by atoms with Crippen LogP contribution in [0.15, 0.2) is 11.7 Å². The van der Waals surface area contributed by atoms with Gasteiger partial charge in [-0.1, -0.05) is 0 Å². The van der Waals surface area contributed by atoms with Crippen molar-refractivity contribution in [3.05, 3.63) is 11.7 Å². The van der Waals surface area contributed by atoms with Crippen LogP contribution < -0.4 is 0 Å². The maximum atomic E-state index is 12.8. The first kappa shape index (κ1) is 13.7. The molecule has 88 valence electrons. The second kappa shape index (κ2) is 4.07. The first-order valence-corrected chi connectivity index (χ1v) is 3.18. The molecule has 0 aromatic rings. The molecule has 2 nitrogen and oxygen atoms in total. The van der Waals surface area contributed by atoms with Crippen LogP contribution in [-0.4, -0.2) is 29.6 Å². The van der Waals surface area contributed by atoms with Crippen molar-refractivity contribution in [2.45, 2.75) is 11.8 Å². The molecule has 0 saturated carbocycles. The molecule has 0 bridgehead atoms. The lowest BCUT2D eigenvalue weighted by Crippen LogP contribution is -2.47. The Hall–Kier alpha value is -1.28. The zero-order chi connectivity index (χ0) is 12.4. The zero-order valence-corrected chi connectivity index (χ0v) is 6.71. The molecule has 0 aliphatic carbocycles. The first-order chi connectivity index (χ1) is 6.58. The fraction of sp³-hybridized carbons (Fsp3) is 0.500. The number of carboxylic acid groups (broad SMARTS) is 1. The fourth-order valence-corrected chi connectivity index (χ4v) is 0.684. The molecule has 0 heterocycles. The molecule has 0 aliphatic rings. The number of carboxylic acids is 1. The largest absolute Gasteiger partial charge is 0.478 e.